The first-order valence-corrected chi connectivity index (χ1v) is 9.16. The minimum atomic E-state index is 0.455. The third kappa shape index (κ3) is 3.21. The van der Waals surface area contributed by atoms with Crippen molar-refractivity contribution in [2.24, 2.45) is 0 Å². The van der Waals surface area contributed by atoms with Gasteiger partial charge in [-0.15, -0.1) is 0 Å². The molecule has 2 aromatic heterocycles. The number of nitrogens with zero attached hydrogens (tertiary/aromatic N) is 4. The minimum Gasteiger partial charge on any atom is -0.494 e. The molecule has 28 heavy (non-hydrogen) atoms. The standard InChI is InChI=1S/C20H15Cl2N5O/c1-23-19-13-8-11(12-4-3-5-14(21)17(12)22)9-16(28-2)18(13)26-20(27-19)15-10-24-6-7-25-15/h3-10H,1-2H3,(H,23,26,27). The molecule has 2 aromatic carbocycles. The molecule has 0 saturated carbocycles. The number of halogens is 2. The number of nitrogens with one attached hydrogen (secondary N) is 1. The Balaban J connectivity index is 2.00. The van der Waals surface area contributed by atoms with Gasteiger partial charge in [-0.05, 0) is 23.8 Å². The van der Waals surface area contributed by atoms with Gasteiger partial charge in [-0.25, -0.2) is 15.0 Å². The highest BCUT2D eigenvalue weighted by atomic mass is 35.5. The fourth-order valence-electron chi connectivity index (χ4n) is 2.96. The molecule has 0 aliphatic rings. The zero-order chi connectivity index (χ0) is 19.7. The summed E-state index contributed by atoms with van der Waals surface area (Å²) in [5, 5.41) is 4.88. The molecule has 4 rings (SSSR count). The van der Waals surface area contributed by atoms with Crippen molar-refractivity contribution in [2.45, 2.75) is 0 Å². The number of ether oxygens (including phenoxy) is 1. The molecule has 8 heteroatoms. The van der Waals surface area contributed by atoms with Gasteiger partial charge in [0.05, 0.1) is 23.4 Å². The van der Waals surface area contributed by atoms with Crippen LogP contribution in [0.1, 0.15) is 0 Å². The van der Waals surface area contributed by atoms with Gasteiger partial charge in [0.1, 0.15) is 22.8 Å². The summed E-state index contributed by atoms with van der Waals surface area (Å²) in [6.45, 7) is 0. The summed E-state index contributed by atoms with van der Waals surface area (Å²) in [4.78, 5) is 17.6. The van der Waals surface area contributed by atoms with Gasteiger partial charge < -0.3 is 10.1 Å². The Morgan fingerprint density at radius 3 is 2.64 bits per heavy atom. The lowest BCUT2D eigenvalue weighted by Crippen LogP contribution is -2.01. The van der Waals surface area contributed by atoms with Gasteiger partial charge in [-0.1, -0.05) is 35.3 Å². The molecule has 0 unspecified atom stereocenters. The SMILES string of the molecule is CNc1nc(-c2cnccn2)nc2c(OC)cc(-c3cccc(Cl)c3Cl)cc12. The molecular formula is C20H15Cl2N5O. The highest BCUT2D eigenvalue weighted by molar-refractivity contribution is 6.43. The van der Waals surface area contributed by atoms with Crippen molar-refractivity contribution in [3.63, 3.8) is 0 Å². The maximum Gasteiger partial charge on any atom is 0.182 e. The lowest BCUT2D eigenvalue weighted by Gasteiger charge is -2.14. The topological polar surface area (TPSA) is 72.8 Å². The second-order valence-corrected chi connectivity index (χ2v) is 6.70. The Labute approximate surface area is 171 Å². The smallest absolute Gasteiger partial charge is 0.182 e. The van der Waals surface area contributed by atoms with Crippen molar-refractivity contribution in [3.05, 3.63) is 59.0 Å². The number of hydrogen-bond donors (Lipinski definition) is 1. The quantitative estimate of drug-likeness (QED) is 0.502. The van der Waals surface area contributed by atoms with E-state index < -0.39 is 0 Å². The number of methoxy groups -OCH3 is 1. The van der Waals surface area contributed by atoms with E-state index in [2.05, 4.69) is 25.3 Å². The molecule has 6 nitrogen and oxygen atoms in total. The molecular weight excluding hydrogens is 397 g/mol. The van der Waals surface area contributed by atoms with Crippen LogP contribution >= 0.6 is 23.2 Å². The molecule has 0 aliphatic carbocycles. The summed E-state index contributed by atoms with van der Waals surface area (Å²) >= 11 is 12.6. The van der Waals surface area contributed by atoms with Crippen LogP contribution in [0.3, 0.4) is 0 Å². The summed E-state index contributed by atoms with van der Waals surface area (Å²) < 4.78 is 5.62. The Morgan fingerprint density at radius 1 is 1.07 bits per heavy atom. The molecule has 2 heterocycles. The zero-order valence-electron chi connectivity index (χ0n) is 15.1. The number of rotatable bonds is 4. The number of aromatic nitrogens is 4. The Bertz CT molecular complexity index is 1170. The van der Waals surface area contributed by atoms with Crippen molar-refractivity contribution in [2.75, 3.05) is 19.5 Å². The first-order valence-electron chi connectivity index (χ1n) is 8.40. The van der Waals surface area contributed by atoms with E-state index in [1.165, 1.54) is 0 Å². The molecule has 0 bridgehead atoms. The Hall–Kier alpha value is -2.96. The van der Waals surface area contributed by atoms with E-state index in [9.17, 15) is 0 Å². The minimum absolute atomic E-state index is 0.455. The van der Waals surface area contributed by atoms with Crippen LogP contribution in [0, 0.1) is 0 Å². The van der Waals surface area contributed by atoms with Crippen molar-refractivity contribution in [1.82, 2.24) is 19.9 Å². The van der Waals surface area contributed by atoms with Gasteiger partial charge in [0, 0.05) is 30.4 Å². The van der Waals surface area contributed by atoms with E-state index in [0.29, 0.717) is 38.6 Å². The molecule has 140 valence electrons. The second-order valence-electron chi connectivity index (χ2n) is 5.91. The van der Waals surface area contributed by atoms with Gasteiger partial charge in [0.2, 0.25) is 0 Å². The van der Waals surface area contributed by atoms with Crippen LogP contribution in [-0.2, 0) is 0 Å². The van der Waals surface area contributed by atoms with Gasteiger partial charge in [-0.3, -0.25) is 4.98 Å². The molecule has 0 atom stereocenters. The van der Waals surface area contributed by atoms with Gasteiger partial charge >= 0.3 is 0 Å². The number of anilines is 1. The van der Waals surface area contributed by atoms with Gasteiger partial charge in [0.15, 0.2) is 5.82 Å². The van der Waals surface area contributed by atoms with Crippen LogP contribution in [0.25, 0.3) is 33.5 Å². The first-order chi connectivity index (χ1) is 13.6. The van der Waals surface area contributed by atoms with Crippen molar-refractivity contribution >= 4 is 39.9 Å². The summed E-state index contributed by atoms with van der Waals surface area (Å²) in [6.07, 6.45) is 4.82. The van der Waals surface area contributed by atoms with E-state index in [1.54, 1.807) is 38.8 Å². The van der Waals surface area contributed by atoms with Crippen LogP contribution in [0.4, 0.5) is 5.82 Å². The summed E-state index contributed by atoms with van der Waals surface area (Å²) in [5.41, 5.74) is 2.88. The van der Waals surface area contributed by atoms with E-state index in [0.717, 1.165) is 16.5 Å². The average Bonchev–Trinajstić information content (AvgIpc) is 2.74. The van der Waals surface area contributed by atoms with E-state index >= 15 is 0 Å². The molecule has 0 saturated heterocycles. The Kier molecular flexibility index (Phi) is 4.98. The van der Waals surface area contributed by atoms with Crippen molar-refractivity contribution in [3.8, 4) is 28.4 Å². The van der Waals surface area contributed by atoms with Crippen LogP contribution in [0.2, 0.25) is 10.0 Å². The molecule has 0 fully saturated rings. The Morgan fingerprint density at radius 2 is 1.93 bits per heavy atom. The van der Waals surface area contributed by atoms with Crippen molar-refractivity contribution < 1.29 is 4.74 Å². The summed E-state index contributed by atoms with van der Waals surface area (Å²) in [5.74, 6) is 1.69. The van der Waals surface area contributed by atoms with Crippen LogP contribution < -0.4 is 10.1 Å². The van der Waals surface area contributed by atoms with Gasteiger partial charge in [0.25, 0.3) is 0 Å². The molecule has 0 aliphatic heterocycles. The van der Waals surface area contributed by atoms with E-state index in [4.69, 9.17) is 27.9 Å². The highest BCUT2D eigenvalue weighted by Crippen LogP contribution is 2.39. The first kappa shape index (κ1) is 18.4. The maximum absolute atomic E-state index is 6.42. The molecule has 0 spiro atoms. The molecule has 4 aromatic rings. The fourth-order valence-corrected chi connectivity index (χ4v) is 3.37. The van der Waals surface area contributed by atoms with Crippen molar-refractivity contribution in [1.29, 1.82) is 0 Å². The molecule has 0 amide bonds. The third-order valence-corrected chi connectivity index (χ3v) is 5.10. The average molecular weight is 412 g/mol. The van der Waals surface area contributed by atoms with Crippen LogP contribution in [-0.4, -0.2) is 34.1 Å². The predicted octanol–water partition coefficient (Wildman–Crippen LogP) is 5.11. The number of fused-ring (bicyclic) bond motifs is 1. The zero-order valence-corrected chi connectivity index (χ0v) is 16.6. The fraction of sp³-hybridized carbons (Fsp3) is 0.100. The molecule has 0 radical (unpaired) electrons. The summed E-state index contributed by atoms with van der Waals surface area (Å²) in [6, 6.07) is 9.35. The summed E-state index contributed by atoms with van der Waals surface area (Å²) in [7, 11) is 3.40. The lowest BCUT2D eigenvalue weighted by molar-refractivity contribution is 0.419. The normalized spacial score (nSPS) is 10.9. The third-order valence-electron chi connectivity index (χ3n) is 4.28. The van der Waals surface area contributed by atoms with E-state index in [1.807, 2.05) is 24.3 Å². The molecule has 1 N–H and O–H groups in total. The van der Waals surface area contributed by atoms with Gasteiger partial charge in [-0.2, -0.15) is 0 Å². The monoisotopic (exact) mass is 411 g/mol. The second kappa shape index (κ2) is 7.58. The largest absolute Gasteiger partial charge is 0.494 e. The lowest BCUT2D eigenvalue weighted by atomic mass is 10.0. The maximum atomic E-state index is 6.42. The van der Waals surface area contributed by atoms with E-state index in [-0.39, 0.29) is 0 Å². The predicted molar refractivity (Wildman–Crippen MR) is 112 cm³/mol. The number of hydrogen-bond acceptors (Lipinski definition) is 6. The highest BCUT2D eigenvalue weighted by Gasteiger charge is 2.17. The van der Waals surface area contributed by atoms with Crippen LogP contribution in [0.15, 0.2) is 48.9 Å². The van der Waals surface area contributed by atoms with Crippen LogP contribution in [0.5, 0.6) is 5.75 Å². The number of benzene rings is 2.